The fraction of sp³-hybridized carbons (Fsp3) is 0.0476. The van der Waals surface area contributed by atoms with Gasteiger partial charge in [-0.05, 0) is 0 Å². The standard InChI is InChI=1S/C21H18O4Se/c1-26(19-15-9-4-10-16-19,24-20(22)17-11-5-2-6-12-17)25-21(23)18-13-7-3-8-14-18/h2-16H,1H3. The van der Waals surface area contributed by atoms with E-state index in [0.29, 0.717) is 11.1 Å². The molecule has 0 saturated heterocycles. The van der Waals surface area contributed by atoms with Crippen LogP contribution < -0.4 is 4.46 Å². The molecular weight excluding hydrogens is 395 g/mol. The van der Waals surface area contributed by atoms with Crippen LogP contribution in [0.5, 0.6) is 0 Å². The molecule has 132 valence electrons. The Balaban J connectivity index is 1.90. The Morgan fingerprint density at radius 3 is 1.35 bits per heavy atom. The van der Waals surface area contributed by atoms with E-state index in [0.717, 1.165) is 4.46 Å². The van der Waals surface area contributed by atoms with Crippen LogP contribution in [0.2, 0.25) is 5.82 Å². The SMILES string of the molecule is C[Se](OC(=O)c1ccccc1)(OC(=O)c1ccccc1)c1ccccc1. The molecule has 0 amide bonds. The summed E-state index contributed by atoms with van der Waals surface area (Å²) in [4.78, 5) is 25.2. The number of rotatable bonds is 5. The molecule has 26 heavy (non-hydrogen) atoms. The van der Waals surface area contributed by atoms with Gasteiger partial charge in [0.1, 0.15) is 0 Å². The van der Waals surface area contributed by atoms with Crippen LogP contribution in [0.1, 0.15) is 20.7 Å². The van der Waals surface area contributed by atoms with Gasteiger partial charge in [0, 0.05) is 0 Å². The van der Waals surface area contributed by atoms with Crippen LogP contribution >= 0.6 is 0 Å². The summed E-state index contributed by atoms with van der Waals surface area (Å²) in [6.07, 6.45) is 0. The zero-order valence-corrected chi connectivity index (χ0v) is 15.9. The minimum absolute atomic E-state index is 0.419. The van der Waals surface area contributed by atoms with Gasteiger partial charge in [0.15, 0.2) is 0 Å². The van der Waals surface area contributed by atoms with Gasteiger partial charge in [0.05, 0.1) is 0 Å². The molecule has 0 aliphatic carbocycles. The minimum atomic E-state index is -3.54. The Morgan fingerprint density at radius 1 is 0.615 bits per heavy atom. The third kappa shape index (κ3) is 4.20. The van der Waals surface area contributed by atoms with Crippen molar-refractivity contribution in [3.8, 4) is 0 Å². The quantitative estimate of drug-likeness (QED) is 0.599. The molecule has 0 heterocycles. The van der Waals surface area contributed by atoms with E-state index in [1.54, 1.807) is 54.4 Å². The predicted molar refractivity (Wildman–Crippen MR) is 101 cm³/mol. The van der Waals surface area contributed by atoms with E-state index in [9.17, 15) is 9.59 Å². The summed E-state index contributed by atoms with van der Waals surface area (Å²) in [5.41, 5.74) is 0.838. The Bertz CT molecular complexity index is 826. The molecule has 0 aromatic heterocycles. The molecule has 0 fully saturated rings. The zero-order chi connectivity index (χ0) is 18.4. The second-order valence-electron chi connectivity index (χ2n) is 5.56. The summed E-state index contributed by atoms with van der Waals surface area (Å²) >= 11 is -3.54. The average Bonchev–Trinajstić information content (AvgIpc) is 2.70. The molecular formula is C21H18O4Se. The molecule has 3 aromatic rings. The fourth-order valence-corrected chi connectivity index (χ4v) is 5.77. The van der Waals surface area contributed by atoms with Crippen LogP contribution in [0.3, 0.4) is 0 Å². The van der Waals surface area contributed by atoms with Crippen molar-refractivity contribution in [2.75, 3.05) is 0 Å². The second-order valence-corrected chi connectivity index (χ2v) is 10.5. The molecule has 0 N–H and O–H groups in total. The van der Waals surface area contributed by atoms with Crippen molar-refractivity contribution >= 4 is 29.9 Å². The van der Waals surface area contributed by atoms with E-state index in [2.05, 4.69) is 0 Å². The normalized spacial score (nSPS) is 11.4. The molecule has 3 rings (SSSR count). The topological polar surface area (TPSA) is 52.6 Å². The van der Waals surface area contributed by atoms with Crippen molar-refractivity contribution in [3.63, 3.8) is 0 Å². The van der Waals surface area contributed by atoms with Crippen LogP contribution in [0.4, 0.5) is 0 Å². The van der Waals surface area contributed by atoms with E-state index < -0.39 is 25.4 Å². The first-order valence-corrected chi connectivity index (χ1v) is 12.0. The fourth-order valence-electron chi connectivity index (χ4n) is 2.31. The molecule has 0 unspecified atom stereocenters. The molecule has 4 nitrogen and oxygen atoms in total. The van der Waals surface area contributed by atoms with Gasteiger partial charge < -0.3 is 0 Å². The number of carbonyl (C=O) groups excluding carboxylic acids is 2. The number of benzene rings is 3. The summed E-state index contributed by atoms with van der Waals surface area (Å²) < 4.78 is 12.3. The third-order valence-corrected chi connectivity index (χ3v) is 8.00. The Labute approximate surface area is 155 Å². The molecule has 3 aromatic carbocycles. The summed E-state index contributed by atoms with van der Waals surface area (Å²) in [5.74, 6) is 0.712. The van der Waals surface area contributed by atoms with Gasteiger partial charge in [-0.2, -0.15) is 0 Å². The molecule has 0 aliphatic heterocycles. The van der Waals surface area contributed by atoms with Gasteiger partial charge in [0.2, 0.25) is 0 Å². The Morgan fingerprint density at radius 2 is 0.962 bits per heavy atom. The van der Waals surface area contributed by atoms with Crippen molar-refractivity contribution in [1.29, 1.82) is 0 Å². The summed E-state index contributed by atoms with van der Waals surface area (Å²) in [5, 5.41) is 0. The zero-order valence-electron chi connectivity index (χ0n) is 14.2. The van der Waals surface area contributed by atoms with Gasteiger partial charge >= 0.3 is 155 Å². The van der Waals surface area contributed by atoms with E-state index in [4.69, 9.17) is 7.64 Å². The number of carbonyl (C=O) groups is 2. The van der Waals surface area contributed by atoms with Gasteiger partial charge in [-0.15, -0.1) is 0 Å². The monoisotopic (exact) mass is 414 g/mol. The van der Waals surface area contributed by atoms with Gasteiger partial charge in [-0.25, -0.2) is 0 Å². The van der Waals surface area contributed by atoms with Crippen LogP contribution in [0.25, 0.3) is 0 Å². The summed E-state index contributed by atoms with van der Waals surface area (Å²) in [6.45, 7) is 0. The second kappa shape index (κ2) is 8.00. The van der Waals surface area contributed by atoms with Crippen LogP contribution in [0, 0.1) is 0 Å². The van der Waals surface area contributed by atoms with Crippen LogP contribution in [0.15, 0.2) is 91.0 Å². The molecule has 0 bridgehead atoms. The van der Waals surface area contributed by atoms with Crippen LogP contribution in [-0.4, -0.2) is 25.4 Å². The van der Waals surface area contributed by atoms with E-state index in [1.165, 1.54) is 0 Å². The molecule has 5 heteroatoms. The van der Waals surface area contributed by atoms with Crippen molar-refractivity contribution in [2.24, 2.45) is 0 Å². The van der Waals surface area contributed by atoms with Crippen molar-refractivity contribution in [3.05, 3.63) is 102 Å². The van der Waals surface area contributed by atoms with E-state index >= 15 is 0 Å². The molecule has 0 atom stereocenters. The number of hydrogen-bond acceptors (Lipinski definition) is 4. The van der Waals surface area contributed by atoms with Gasteiger partial charge in [-0.1, -0.05) is 0 Å². The van der Waals surface area contributed by atoms with Crippen molar-refractivity contribution < 1.29 is 17.2 Å². The first-order chi connectivity index (χ1) is 12.6. The maximum absolute atomic E-state index is 12.6. The van der Waals surface area contributed by atoms with Gasteiger partial charge in [0.25, 0.3) is 0 Å². The molecule has 0 spiro atoms. The summed E-state index contributed by atoms with van der Waals surface area (Å²) in [6, 6.07) is 26.5. The van der Waals surface area contributed by atoms with E-state index in [1.807, 2.05) is 42.5 Å². The van der Waals surface area contributed by atoms with Gasteiger partial charge in [-0.3, -0.25) is 0 Å². The first-order valence-electron chi connectivity index (χ1n) is 7.99. The third-order valence-electron chi connectivity index (χ3n) is 3.66. The van der Waals surface area contributed by atoms with Crippen molar-refractivity contribution in [2.45, 2.75) is 5.82 Å². The Kier molecular flexibility index (Phi) is 5.52. The number of hydrogen-bond donors (Lipinski definition) is 0. The average molecular weight is 413 g/mol. The van der Waals surface area contributed by atoms with E-state index in [-0.39, 0.29) is 0 Å². The van der Waals surface area contributed by atoms with Crippen molar-refractivity contribution in [1.82, 2.24) is 0 Å². The van der Waals surface area contributed by atoms with Crippen LogP contribution in [-0.2, 0) is 7.64 Å². The molecule has 0 saturated carbocycles. The molecule has 0 aliphatic rings. The molecule has 0 radical (unpaired) electrons. The summed E-state index contributed by atoms with van der Waals surface area (Å²) in [7, 11) is 0. The predicted octanol–water partition coefficient (Wildman–Crippen LogP) is 3.68. The first kappa shape index (κ1) is 17.9. The Hall–Kier alpha value is -2.88. The maximum atomic E-state index is 12.6.